The topological polar surface area (TPSA) is 56.7 Å². The minimum absolute atomic E-state index is 0.250. The molecule has 0 heterocycles. The predicted octanol–water partition coefficient (Wildman–Crippen LogP) is 2.08. The van der Waals surface area contributed by atoms with Gasteiger partial charge in [0.05, 0.1) is 5.69 Å². The van der Waals surface area contributed by atoms with Gasteiger partial charge in [0.2, 0.25) is 0 Å². The van der Waals surface area contributed by atoms with Crippen molar-refractivity contribution in [2.24, 2.45) is 4.99 Å². The molecule has 0 bridgehead atoms. The molecule has 0 amide bonds. The van der Waals surface area contributed by atoms with Crippen molar-refractivity contribution in [1.29, 1.82) is 0 Å². The average Bonchev–Trinajstić information content (AvgIpc) is 2.34. The molecule has 0 aliphatic carbocycles. The van der Waals surface area contributed by atoms with E-state index in [1.54, 1.807) is 20.2 Å². The van der Waals surface area contributed by atoms with Crippen LogP contribution in [-0.4, -0.2) is 32.5 Å². The number of phenolic OH excluding ortho intramolecular Hbond substituents is 1. The van der Waals surface area contributed by atoms with Gasteiger partial charge in [-0.05, 0) is 23.3 Å². The molecule has 3 N–H and O–H groups in total. The summed E-state index contributed by atoms with van der Waals surface area (Å²) in [7, 11) is 5.38. The Labute approximate surface area is 102 Å². The number of rotatable bonds is 5. The Kier molecular flexibility index (Phi) is 5.07. The van der Waals surface area contributed by atoms with Crippen LogP contribution >= 0.6 is 0 Å². The second-order valence-corrected chi connectivity index (χ2v) is 3.59. The standard InChI is InChI=1S/C13H19N3O/c1-14-7-6-11(9-15-2)10-4-5-12(16-3)13(17)8-10/h4-5,7-9,15-17H,6H2,1-3H3/b11-9+,14-7?. The van der Waals surface area contributed by atoms with Gasteiger partial charge < -0.3 is 20.7 Å². The van der Waals surface area contributed by atoms with Crippen LogP contribution in [0.1, 0.15) is 12.0 Å². The van der Waals surface area contributed by atoms with E-state index in [1.807, 2.05) is 31.6 Å². The van der Waals surface area contributed by atoms with Crippen molar-refractivity contribution in [1.82, 2.24) is 5.32 Å². The van der Waals surface area contributed by atoms with Crippen molar-refractivity contribution in [3.05, 3.63) is 30.0 Å². The highest BCUT2D eigenvalue weighted by molar-refractivity contribution is 5.80. The molecule has 0 atom stereocenters. The lowest BCUT2D eigenvalue weighted by Gasteiger charge is -2.09. The molecule has 4 nitrogen and oxygen atoms in total. The van der Waals surface area contributed by atoms with Gasteiger partial charge in [-0.15, -0.1) is 0 Å². The molecule has 0 spiro atoms. The maximum Gasteiger partial charge on any atom is 0.139 e. The number of aromatic hydroxyl groups is 1. The van der Waals surface area contributed by atoms with Crippen molar-refractivity contribution in [3.63, 3.8) is 0 Å². The van der Waals surface area contributed by atoms with Crippen molar-refractivity contribution in [2.45, 2.75) is 6.42 Å². The molecular formula is C13H19N3O. The van der Waals surface area contributed by atoms with Gasteiger partial charge in [-0.3, -0.25) is 0 Å². The largest absolute Gasteiger partial charge is 0.506 e. The molecule has 1 aromatic carbocycles. The second kappa shape index (κ2) is 6.58. The van der Waals surface area contributed by atoms with Crippen molar-refractivity contribution < 1.29 is 5.11 Å². The maximum atomic E-state index is 9.79. The van der Waals surface area contributed by atoms with Gasteiger partial charge in [0.1, 0.15) is 5.75 Å². The Hall–Kier alpha value is -1.97. The molecule has 1 rings (SSSR count). The van der Waals surface area contributed by atoms with Gasteiger partial charge >= 0.3 is 0 Å². The first kappa shape index (κ1) is 13.1. The number of hydrogen-bond donors (Lipinski definition) is 3. The van der Waals surface area contributed by atoms with E-state index in [2.05, 4.69) is 15.6 Å². The minimum atomic E-state index is 0.250. The summed E-state index contributed by atoms with van der Waals surface area (Å²) in [4.78, 5) is 3.97. The van der Waals surface area contributed by atoms with Gasteiger partial charge in [-0.2, -0.15) is 0 Å². The fraction of sp³-hybridized carbons (Fsp3) is 0.308. The quantitative estimate of drug-likeness (QED) is 0.539. The molecule has 0 saturated heterocycles. The monoisotopic (exact) mass is 233 g/mol. The maximum absolute atomic E-state index is 9.79. The van der Waals surface area contributed by atoms with Crippen LogP contribution in [0.5, 0.6) is 5.75 Å². The van der Waals surface area contributed by atoms with E-state index in [1.165, 1.54) is 0 Å². The number of aliphatic imine (C=N–C) groups is 1. The fourth-order valence-electron chi connectivity index (χ4n) is 1.57. The van der Waals surface area contributed by atoms with Gasteiger partial charge in [0.15, 0.2) is 0 Å². The molecule has 17 heavy (non-hydrogen) atoms. The van der Waals surface area contributed by atoms with Crippen LogP contribution in [0.3, 0.4) is 0 Å². The molecule has 0 unspecified atom stereocenters. The summed E-state index contributed by atoms with van der Waals surface area (Å²) in [6.45, 7) is 0. The highest BCUT2D eigenvalue weighted by atomic mass is 16.3. The summed E-state index contributed by atoms with van der Waals surface area (Å²) in [5.41, 5.74) is 2.79. The summed E-state index contributed by atoms with van der Waals surface area (Å²) >= 11 is 0. The third kappa shape index (κ3) is 3.52. The lowest BCUT2D eigenvalue weighted by Crippen LogP contribution is -1.98. The van der Waals surface area contributed by atoms with Crippen molar-refractivity contribution in [3.8, 4) is 5.75 Å². The molecule has 92 valence electrons. The van der Waals surface area contributed by atoms with E-state index < -0.39 is 0 Å². The van der Waals surface area contributed by atoms with E-state index in [0.29, 0.717) is 0 Å². The lowest BCUT2D eigenvalue weighted by molar-refractivity contribution is 0.477. The van der Waals surface area contributed by atoms with Crippen LogP contribution in [-0.2, 0) is 0 Å². The van der Waals surface area contributed by atoms with E-state index in [0.717, 1.165) is 23.2 Å². The Balaban J connectivity index is 3.02. The third-order valence-electron chi connectivity index (χ3n) is 2.45. The fourth-order valence-corrected chi connectivity index (χ4v) is 1.57. The number of nitrogens with zero attached hydrogens (tertiary/aromatic N) is 1. The zero-order chi connectivity index (χ0) is 12.7. The van der Waals surface area contributed by atoms with E-state index in [-0.39, 0.29) is 5.75 Å². The predicted molar refractivity (Wildman–Crippen MR) is 73.7 cm³/mol. The van der Waals surface area contributed by atoms with E-state index in [4.69, 9.17) is 0 Å². The van der Waals surface area contributed by atoms with Crippen LogP contribution in [0.15, 0.2) is 29.4 Å². The highest BCUT2D eigenvalue weighted by Crippen LogP contribution is 2.27. The molecule has 0 aliphatic heterocycles. The summed E-state index contributed by atoms with van der Waals surface area (Å²) in [5.74, 6) is 0.250. The Bertz CT molecular complexity index is 425. The zero-order valence-corrected chi connectivity index (χ0v) is 10.5. The number of phenols is 1. The summed E-state index contributed by atoms with van der Waals surface area (Å²) in [6.07, 6.45) is 4.48. The molecule has 0 radical (unpaired) electrons. The van der Waals surface area contributed by atoms with E-state index in [9.17, 15) is 5.11 Å². The lowest BCUT2D eigenvalue weighted by atomic mass is 10.0. The number of nitrogens with one attached hydrogen (secondary N) is 2. The van der Waals surface area contributed by atoms with Gasteiger partial charge in [0, 0.05) is 40.0 Å². The van der Waals surface area contributed by atoms with Gasteiger partial charge in [-0.1, -0.05) is 6.07 Å². The minimum Gasteiger partial charge on any atom is -0.506 e. The Morgan fingerprint density at radius 1 is 1.41 bits per heavy atom. The molecule has 4 heteroatoms. The smallest absolute Gasteiger partial charge is 0.139 e. The first-order chi connectivity index (χ1) is 8.22. The summed E-state index contributed by atoms with van der Waals surface area (Å²) < 4.78 is 0. The molecule has 0 saturated carbocycles. The first-order valence-corrected chi connectivity index (χ1v) is 5.51. The second-order valence-electron chi connectivity index (χ2n) is 3.59. The van der Waals surface area contributed by atoms with Crippen LogP contribution in [0.2, 0.25) is 0 Å². The van der Waals surface area contributed by atoms with E-state index >= 15 is 0 Å². The third-order valence-corrected chi connectivity index (χ3v) is 2.45. The number of allylic oxidation sites excluding steroid dienone is 1. The van der Waals surface area contributed by atoms with Crippen LogP contribution in [0.25, 0.3) is 5.57 Å². The Morgan fingerprint density at radius 3 is 2.71 bits per heavy atom. The zero-order valence-electron chi connectivity index (χ0n) is 10.5. The van der Waals surface area contributed by atoms with Gasteiger partial charge in [-0.25, -0.2) is 0 Å². The van der Waals surface area contributed by atoms with Gasteiger partial charge in [0.25, 0.3) is 0 Å². The molecule has 1 aromatic rings. The highest BCUT2D eigenvalue weighted by Gasteiger charge is 2.04. The van der Waals surface area contributed by atoms with Crippen LogP contribution < -0.4 is 10.6 Å². The number of hydrogen-bond acceptors (Lipinski definition) is 4. The van der Waals surface area contributed by atoms with Crippen molar-refractivity contribution in [2.75, 3.05) is 26.5 Å². The molecule has 0 fully saturated rings. The SMILES string of the molecule is CN=CC/C(=C\NC)c1ccc(NC)c(O)c1. The Morgan fingerprint density at radius 2 is 2.18 bits per heavy atom. The summed E-state index contributed by atoms with van der Waals surface area (Å²) in [5, 5.41) is 15.7. The summed E-state index contributed by atoms with van der Waals surface area (Å²) in [6, 6.07) is 5.58. The number of anilines is 1. The van der Waals surface area contributed by atoms with Crippen LogP contribution in [0.4, 0.5) is 5.69 Å². The normalized spacial score (nSPS) is 11.8. The molecule has 0 aromatic heterocycles. The van der Waals surface area contributed by atoms with Crippen LogP contribution in [0, 0.1) is 0 Å². The molecular weight excluding hydrogens is 214 g/mol. The first-order valence-electron chi connectivity index (χ1n) is 5.51. The number of benzene rings is 1. The molecule has 0 aliphatic rings. The van der Waals surface area contributed by atoms with Crippen molar-refractivity contribution >= 4 is 17.5 Å². The average molecular weight is 233 g/mol.